The number of hydrogen-bond acceptors (Lipinski definition) is 2. The Bertz CT molecular complexity index is 406. The number of hydrogen-bond donors (Lipinski definition) is 0. The highest BCUT2D eigenvalue weighted by atomic mass is 32.2. The summed E-state index contributed by atoms with van der Waals surface area (Å²) >= 11 is 1.68. The van der Waals surface area contributed by atoms with Crippen LogP contribution in [0.3, 0.4) is 0 Å². The molecule has 2 rings (SSSR count). The maximum absolute atomic E-state index is 4.29. The zero-order valence-corrected chi connectivity index (χ0v) is 8.29. The topological polar surface area (TPSA) is 17.8 Å². The van der Waals surface area contributed by atoms with Gasteiger partial charge < -0.3 is 0 Å². The molecule has 0 spiro atoms. The lowest BCUT2D eigenvalue weighted by Crippen LogP contribution is -1.93. The van der Waals surface area contributed by atoms with Gasteiger partial charge in [0.25, 0.3) is 0 Å². The van der Waals surface area contributed by atoms with Gasteiger partial charge >= 0.3 is 0 Å². The highest BCUT2D eigenvalue weighted by Gasteiger charge is 2.02. The Morgan fingerprint density at radius 3 is 3.00 bits per heavy atom. The molecular weight excluding hydrogens is 180 g/mol. The summed E-state index contributed by atoms with van der Waals surface area (Å²) in [6.45, 7) is 6.00. The standard InChI is InChI=1S/C10H11N2S/c1-8(2)13-12-7-11-9-5-3-4-6-10(9)12/h3-8H,1H2,2H3. The maximum Gasteiger partial charge on any atom is 0.106 e. The van der Waals surface area contributed by atoms with E-state index in [2.05, 4.69) is 28.9 Å². The van der Waals surface area contributed by atoms with Crippen LogP contribution in [0.2, 0.25) is 0 Å². The first-order valence-electron chi connectivity index (χ1n) is 4.19. The van der Waals surface area contributed by atoms with E-state index in [0.717, 1.165) is 11.0 Å². The molecule has 3 heteroatoms. The fourth-order valence-electron chi connectivity index (χ4n) is 1.21. The van der Waals surface area contributed by atoms with Crippen molar-refractivity contribution in [3.8, 4) is 0 Å². The molecule has 1 unspecified atom stereocenters. The number of benzene rings is 1. The summed E-state index contributed by atoms with van der Waals surface area (Å²) < 4.78 is 2.06. The van der Waals surface area contributed by atoms with Gasteiger partial charge in [-0.25, -0.2) is 4.98 Å². The zero-order chi connectivity index (χ0) is 9.26. The summed E-state index contributed by atoms with van der Waals surface area (Å²) in [5, 5.41) is 0.331. The highest BCUT2D eigenvalue weighted by Crippen LogP contribution is 2.20. The summed E-state index contributed by atoms with van der Waals surface area (Å²) in [7, 11) is 0. The van der Waals surface area contributed by atoms with Crippen LogP contribution in [0.4, 0.5) is 0 Å². The molecule has 1 aromatic heterocycles. The van der Waals surface area contributed by atoms with Gasteiger partial charge in [-0.2, -0.15) is 0 Å². The summed E-state index contributed by atoms with van der Waals surface area (Å²) in [6, 6.07) is 8.10. The largest absolute Gasteiger partial charge is 0.272 e. The molecule has 1 heterocycles. The van der Waals surface area contributed by atoms with E-state index in [9.17, 15) is 0 Å². The second-order valence-electron chi connectivity index (χ2n) is 2.98. The van der Waals surface area contributed by atoms with Gasteiger partial charge in [0, 0.05) is 5.25 Å². The third-order valence-corrected chi connectivity index (χ3v) is 2.59. The molecule has 0 fully saturated rings. The molecule has 2 aromatic rings. The second kappa shape index (κ2) is 3.42. The van der Waals surface area contributed by atoms with E-state index >= 15 is 0 Å². The number of para-hydroxylation sites is 2. The molecule has 0 aliphatic heterocycles. The van der Waals surface area contributed by atoms with Crippen molar-refractivity contribution in [1.29, 1.82) is 0 Å². The van der Waals surface area contributed by atoms with E-state index in [-0.39, 0.29) is 0 Å². The van der Waals surface area contributed by atoms with Crippen molar-refractivity contribution in [2.24, 2.45) is 0 Å². The molecule has 0 bridgehead atoms. The van der Waals surface area contributed by atoms with Crippen molar-refractivity contribution in [2.45, 2.75) is 12.2 Å². The van der Waals surface area contributed by atoms with Crippen molar-refractivity contribution in [1.82, 2.24) is 8.96 Å². The predicted octanol–water partition coefficient (Wildman–Crippen LogP) is 2.76. The number of imidazole rings is 1. The van der Waals surface area contributed by atoms with Gasteiger partial charge in [-0.05, 0) is 31.0 Å². The lowest BCUT2D eigenvalue weighted by atomic mass is 10.3. The minimum atomic E-state index is 0.331. The Labute approximate surface area is 82.1 Å². The van der Waals surface area contributed by atoms with Crippen LogP contribution in [0.5, 0.6) is 0 Å². The molecule has 0 aliphatic rings. The van der Waals surface area contributed by atoms with E-state index in [1.54, 1.807) is 11.9 Å². The number of fused-ring (bicyclic) bond motifs is 1. The zero-order valence-electron chi connectivity index (χ0n) is 7.47. The SMILES string of the molecule is [CH2]C(C)Sn1cnc2ccccc21. The predicted molar refractivity (Wildman–Crippen MR) is 57.5 cm³/mol. The summed E-state index contributed by atoms with van der Waals surface area (Å²) in [5.41, 5.74) is 2.19. The van der Waals surface area contributed by atoms with Gasteiger partial charge in [0.15, 0.2) is 0 Å². The number of aromatic nitrogens is 2. The van der Waals surface area contributed by atoms with Gasteiger partial charge in [-0.3, -0.25) is 3.97 Å². The molecule has 1 aromatic carbocycles. The average Bonchev–Trinajstić information content (AvgIpc) is 2.48. The lowest BCUT2D eigenvalue weighted by molar-refractivity contribution is 1.19. The molecule has 1 radical (unpaired) electrons. The molecule has 1 atom stereocenters. The Morgan fingerprint density at radius 2 is 2.23 bits per heavy atom. The fourth-order valence-corrected chi connectivity index (χ4v) is 1.97. The minimum Gasteiger partial charge on any atom is -0.272 e. The van der Waals surface area contributed by atoms with Crippen molar-refractivity contribution in [3.63, 3.8) is 0 Å². The van der Waals surface area contributed by atoms with E-state index in [4.69, 9.17) is 0 Å². The van der Waals surface area contributed by atoms with Crippen molar-refractivity contribution < 1.29 is 0 Å². The van der Waals surface area contributed by atoms with Crippen molar-refractivity contribution in [3.05, 3.63) is 37.5 Å². The second-order valence-corrected chi connectivity index (χ2v) is 4.38. The molecule has 0 saturated carbocycles. The highest BCUT2D eigenvalue weighted by molar-refractivity contribution is 7.98. The molecule has 0 aliphatic carbocycles. The number of rotatable bonds is 2. The van der Waals surface area contributed by atoms with Gasteiger partial charge in [0.05, 0.1) is 11.0 Å². The van der Waals surface area contributed by atoms with Gasteiger partial charge in [0.2, 0.25) is 0 Å². The van der Waals surface area contributed by atoms with Gasteiger partial charge in [-0.15, -0.1) is 0 Å². The van der Waals surface area contributed by atoms with Gasteiger partial charge in [-0.1, -0.05) is 19.1 Å². The first-order chi connectivity index (χ1) is 6.27. The molecule has 67 valence electrons. The van der Waals surface area contributed by atoms with E-state index in [0.29, 0.717) is 5.25 Å². The van der Waals surface area contributed by atoms with Crippen LogP contribution in [0.1, 0.15) is 6.92 Å². The Balaban J connectivity index is 2.46. The third-order valence-electron chi connectivity index (χ3n) is 1.71. The van der Waals surface area contributed by atoms with Crippen LogP contribution in [0, 0.1) is 6.92 Å². The van der Waals surface area contributed by atoms with Crippen LogP contribution >= 0.6 is 11.9 Å². The van der Waals surface area contributed by atoms with Crippen LogP contribution < -0.4 is 0 Å². The lowest BCUT2D eigenvalue weighted by Gasteiger charge is -2.04. The minimum absolute atomic E-state index is 0.331. The van der Waals surface area contributed by atoms with Crippen LogP contribution in [-0.4, -0.2) is 14.2 Å². The first kappa shape index (κ1) is 8.63. The molecule has 13 heavy (non-hydrogen) atoms. The molecule has 0 amide bonds. The summed E-state index contributed by atoms with van der Waals surface area (Å²) in [6.07, 6.45) is 1.84. The molecule has 0 N–H and O–H groups in total. The van der Waals surface area contributed by atoms with Crippen molar-refractivity contribution >= 4 is 23.0 Å². The molecular formula is C10H11N2S. The molecule has 0 saturated heterocycles. The smallest absolute Gasteiger partial charge is 0.106 e. The summed E-state index contributed by atoms with van der Waals surface area (Å²) in [5.74, 6) is 0. The van der Waals surface area contributed by atoms with E-state index in [1.165, 1.54) is 0 Å². The fraction of sp³-hybridized carbons (Fsp3) is 0.200. The van der Waals surface area contributed by atoms with E-state index < -0.39 is 0 Å². The molecule has 2 nitrogen and oxygen atoms in total. The maximum atomic E-state index is 4.29. The monoisotopic (exact) mass is 191 g/mol. The van der Waals surface area contributed by atoms with Crippen LogP contribution in [0.15, 0.2) is 30.6 Å². The summed E-state index contributed by atoms with van der Waals surface area (Å²) in [4.78, 5) is 4.29. The Kier molecular flexibility index (Phi) is 2.27. The van der Waals surface area contributed by atoms with Crippen molar-refractivity contribution in [2.75, 3.05) is 0 Å². The Hall–Kier alpha value is -0.960. The number of nitrogens with zero attached hydrogens (tertiary/aromatic N) is 2. The Morgan fingerprint density at radius 1 is 1.46 bits per heavy atom. The van der Waals surface area contributed by atoms with E-state index in [1.807, 2.05) is 24.5 Å². The van der Waals surface area contributed by atoms with Crippen LogP contribution in [-0.2, 0) is 0 Å². The quantitative estimate of drug-likeness (QED) is 0.726. The third kappa shape index (κ3) is 1.70. The average molecular weight is 191 g/mol. The first-order valence-corrected chi connectivity index (χ1v) is 5.03. The van der Waals surface area contributed by atoms with Crippen LogP contribution in [0.25, 0.3) is 11.0 Å². The van der Waals surface area contributed by atoms with Gasteiger partial charge in [0.1, 0.15) is 6.33 Å². The normalized spacial score (nSPS) is 11.3.